The molecule has 0 radical (unpaired) electrons. The van der Waals surface area contributed by atoms with Crippen LogP contribution in [-0.4, -0.2) is 24.6 Å². The molecule has 0 spiro atoms. The molecule has 0 aliphatic carbocycles. The summed E-state index contributed by atoms with van der Waals surface area (Å²) in [4.78, 5) is 24.1. The molecule has 1 aromatic carbocycles. The van der Waals surface area contributed by atoms with Gasteiger partial charge in [0.05, 0.1) is 23.8 Å². The van der Waals surface area contributed by atoms with Crippen molar-refractivity contribution in [2.45, 2.75) is 53.1 Å². The van der Waals surface area contributed by atoms with Gasteiger partial charge in [0.15, 0.2) is 0 Å². The second-order valence-electron chi connectivity index (χ2n) is 6.03. The maximum Gasteiger partial charge on any atom is 0.339 e. The first kappa shape index (κ1) is 18.2. The molecule has 4 nitrogen and oxygen atoms in total. The summed E-state index contributed by atoms with van der Waals surface area (Å²) in [6, 6.07) is 6.59. The van der Waals surface area contributed by atoms with Crippen LogP contribution >= 0.6 is 0 Å². The van der Waals surface area contributed by atoms with Crippen LogP contribution in [0.1, 0.15) is 67.7 Å². The van der Waals surface area contributed by atoms with Gasteiger partial charge in [0.1, 0.15) is 0 Å². The molecule has 22 heavy (non-hydrogen) atoms. The van der Waals surface area contributed by atoms with Crippen LogP contribution in [0.2, 0.25) is 0 Å². The van der Waals surface area contributed by atoms with E-state index in [4.69, 9.17) is 9.47 Å². The van der Waals surface area contributed by atoms with Crippen molar-refractivity contribution < 1.29 is 19.1 Å². The molecule has 0 bridgehead atoms. The zero-order chi connectivity index (χ0) is 16.5. The summed E-state index contributed by atoms with van der Waals surface area (Å²) in [6.45, 7) is 8.26. The number of ether oxygens (including phenoxy) is 2. The Morgan fingerprint density at radius 1 is 0.955 bits per heavy atom. The molecule has 0 N–H and O–H groups in total. The first-order valence-electron chi connectivity index (χ1n) is 7.89. The number of benzene rings is 1. The molecule has 1 rings (SSSR count). The fourth-order valence-corrected chi connectivity index (χ4v) is 2.01. The van der Waals surface area contributed by atoms with Crippen molar-refractivity contribution in [3.63, 3.8) is 0 Å². The SMILES string of the molecule is CC(C)CCCCOC(=O)c1ccccc1C(=O)OC(C)C. The number of carbonyl (C=O) groups excluding carboxylic acids is 2. The van der Waals surface area contributed by atoms with Crippen molar-refractivity contribution in [3.8, 4) is 0 Å². The molecule has 1 aromatic rings. The van der Waals surface area contributed by atoms with E-state index in [0.29, 0.717) is 12.5 Å². The van der Waals surface area contributed by atoms with Crippen molar-refractivity contribution in [2.24, 2.45) is 5.92 Å². The highest BCUT2D eigenvalue weighted by Crippen LogP contribution is 2.14. The number of carbonyl (C=O) groups is 2. The molecule has 0 aromatic heterocycles. The Morgan fingerprint density at radius 3 is 2.09 bits per heavy atom. The highest BCUT2D eigenvalue weighted by atomic mass is 16.5. The van der Waals surface area contributed by atoms with Crippen molar-refractivity contribution in [1.82, 2.24) is 0 Å². The molecule has 0 aliphatic rings. The number of unbranched alkanes of at least 4 members (excludes halogenated alkanes) is 1. The van der Waals surface area contributed by atoms with E-state index in [2.05, 4.69) is 13.8 Å². The number of esters is 2. The summed E-state index contributed by atoms with van der Waals surface area (Å²) in [7, 11) is 0. The zero-order valence-corrected chi connectivity index (χ0v) is 13.9. The molecule has 0 heterocycles. The lowest BCUT2D eigenvalue weighted by Crippen LogP contribution is -2.17. The monoisotopic (exact) mass is 306 g/mol. The van der Waals surface area contributed by atoms with Crippen molar-refractivity contribution in [1.29, 1.82) is 0 Å². The van der Waals surface area contributed by atoms with E-state index in [1.165, 1.54) is 0 Å². The predicted molar refractivity (Wildman–Crippen MR) is 86.0 cm³/mol. The Kier molecular flexibility index (Phi) is 7.64. The van der Waals surface area contributed by atoms with Crippen LogP contribution in [0.3, 0.4) is 0 Å². The molecule has 122 valence electrons. The second-order valence-corrected chi connectivity index (χ2v) is 6.03. The summed E-state index contributed by atoms with van der Waals surface area (Å²) in [5.74, 6) is -0.314. The van der Waals surface area contributed by atoms with Gasteiger partial charge in [-0.25, -0.2) is 9.59 Å². The Bertz CT molecular complexity index is 492. The number of hydrogen-bond acceptors (Lipinski definition) is 4. The van der Waals surface area contributed by atoms with Gasteiger partial charge in [0.25, 0.3) is 0 Å². The van der Waals surface area contributed by atoms with E-state index in [-0.39, 0.29) is 17.2 Å². The third-order valence-electron chi connectivity index (χ3n) is 3.12. The third-order valence-corrected chi connectivity index (χ3v) is 3.12. The summed E-state index contributed by atoms with van der Waals surface area (Å²) in [6.07, 6.45) is 2.76. The van der Waals surface area contributed by atoms with Gasteiger partial charge in [-0.3, -0.25) is 0 Å². The van der Waals surface area contributed by atoms with Crippen LogP contribution in [0, 0.1) is 5.92 Å². The first-order chi connectivity index (χ1) is 10.4. The highest BCUT2D eigenvalue weighted by molar-refractivity contribution is 6.03. The fourth-order valence-electron chi connectivity index (χ4n) is 2.01. The molecule has 0 aliphatic heterocycles. The van der Waals surface area contributed by atoms with E-state index in [0.717, 1.165) is 19.3 Å². The molecule has 0 saturated heterocycles. The zero-order valence-electron chi connectivity index (χ0n) is 13.9. The smallest absolute Gasteiger partial charge is 0.339 e. The quantitative estimate of drug-likeness (QED) is 0.532. The molecule has 4 heteroatoms. The van der Waals surface area contributed by atoms with Crippen LogP contribution in [0.5, 0.6) is 0 Å². The normalized spacial score (nSPS) is 10.8. The van der Waals surface area contributed by atoms with Crippen molar-refractivity contribution in [2.75, 3.05) is 6.61 Å². The average molecular weight is 306 g/mol. The van der Waals surface area contributed by atoms with E-state index in [1.54, 1.807) is 38.1 Å². The maximum atomic E-state index is 12.1. The molecule has 0 unspecified atom stereocenters. The Labute approximate surface area is 132 Å². The largest absolute Gasteiger partial charge is 0.462 e. The third kappa shape index (κ3) is 6.29. The summed E-state index contributed by atoms with van der Waals surface area (Å²) < 4.78 is 10.4. The number of hydrogen-bond donors (Lipinski definition) is 0. The van der Waals surface area contributed by atoms with Crippen LogP contribution < -0.4 is 0 Å². The van der Waals surface area contributed by atoms with Gasteiger partial charge in [-0.05, 0) is 44.7 Å². The van der Waals surface area contributed by atoms with E-state index >= 15 is 0 Å². The van der Waals surface area contributed by atoms with E-state index in [1.807, 2.05) is 0 Å². The summed E-state index contributed by atoms with van der Waals surface area (Å²) in [5.41, 5.74) is 0.514. The molecular formula is C18H26O4. The Hall–Kier alpha value is -1.84. The van der Waals surface area contributed by atoms with Gasteiger partial charge in [-0.1, -0.05) is 32.4 Å². The standard InChI is InChI=1S/C18H26O4/c1-13(2)9-7-8-12-21-17(19)15-10-5-6-11-16(15)18(20)22-14(3)4/h5-6,10-11,13-14H,7-9,12H2,1-4H3. The van der Waals surface area contributed by atoms with Gasteiger partial charge in [-0.2, -0.15) is 0 Å². The van der Waals surface area contributed by atoms with Crippen LogP contribution in [0.4, 0.5) is 0 Å². The summed E-state index contributed by atoms with van der Waals surface area (Å²) >= 11 is 0. The Morgan fingerprint density at radius 2 is 1.55 bits per heavy atom. The minimum atomic E-state index is -0.498. The highest BCUT2D eigenvalue weighted by Gasteiger charge is 2.19. The Balaban J connectivity index is 2.60. The minimum absolute atomic E-state index is 0.229. The van der Waals surface area contributed by atoms with Crippen LogP contribution in [0.15, 0.2) is 24.3 Å². The lowest BCUT2D eigenvalue weighted by Gasteiger charge is -2.11. The van der Waals surface area contributed by atoms with Crippen molar-refractivity contribution in [3.05, 3.63) is 35.4 Å². The lowest BCUT2D eigenvalue weighted by atomic mass is 10.1. The van der Waals surface area contributed by atoms with Gasteiger partial charge in [0.2, 0.25) is 0 Å². The number of rotatable bonds is 8. The molecule has 0 amide bonds. The van der Waals surface area contributed by atoms with Crippen LogP contribution in [-0.2, 0) is 9.47 Å². The first-order valence-corrected chi connectivity index (χ1v) is 7.89. The van der Waals surface area contributed by atoms with Gasteiger partial charge >= 0.3 is 11.9 Å². The summed E-state index contributed by atoms with van der Waals surface area (Å²) in [5, 5.41) is 0. The van der Waals surface area contributed by atoms with Gasteiger partial charge in [-0.15, -0.1) is 0 Å². The van der Waals surface area contributed by atoms with Gasteiger partial charge < -0.3 is 9.47 Å². The molecule has 0 atom stereocenters. The van der Waals surface area contributed by atoms with Gasteiger partial charge in [0, 0.05) is 0 Å². The predicted octanol–water partition coefficient (Wildman–Crippen LogP) is 4.23. The fraction of sp³-hybridized carbons (Fsp3) is 0.556. The van der Waals surface area contributed by atoms with Crippen molar-refractivity contribution >= 4 is 11.9 Å². The molecule has 0 fully saturated rings. The second kappa shape index (κ2) is 9.23. The van der Waals surface area contributed by atoms with E-state index in [9.17, 15) is 9.59 Å². The molecule has 0 saturated carbocycles. The average Bonchev–Trinajstić information content (AvgIpc) is 2.45. The van der Waals surface area contributed by atoms with Crippen LogP contribution in [0.25, 0.3) is 0 Å². The van der Waals surface area contributed by atoms with E-state index < -0.39 is 11.9 Å². The molecular weight excluding hydrogens is 280 g/mol. The lowest BCUT2D eigenvalue weighted by molar-refractivity contribution is 0.0360. The maximum absolute atomic E-state index is 12.1. The minimum Gasteiger partial charge on any atom is -0.462 e. The topological polar surface area (TPSA) is 52.6 Å².